The van der Waals surface area contributed by atoms with E-state index in [1.807, 2.05) is 0 Å². The maximum Gasteiger partial charge on any atom is 0.352 e. The van der Waals surface area contributed by atoms with E-state index in [0.29, 0.717) is 5.56 Å². The van der Waals surface area contributed by atoms with E-state index < -0.39 is 11.9 Å². The first-order valence-corrected chi connectivity index (χ1v) is 4.49. The second kappa shape index (κ2) is 4.70. The largest absolute Gasteiger partial charge is 0.477 e. The highest BCUT2D eigenvalue weighted by Crippen LogP contribution is 2.07. The van der Waals surface area contributed by atoms with E-state index in [1.165, 1.54) is 17.0 Å². The average Bonchev–Trinajstić information content (AvgIpc) is 2.49. The van der Waals surface area contributed by atoms with E-state index in [2.05, 4.69) is 18.1 Å². The number of hydrogen-bond donors (Lipinski definition) is 3. The first-order valence-electron chi connectivity index (χ1n) is 4.09. The molecule has 1 aromatic heterocycles. The fraction of sp³-hybridized carbons (Fsp3) is 0.111. The van der Waals surface area contributed by atoms with Crippen molar-refractivity contribution in [2.75, 3.05) is 0 Å². The topological polar surface area (TPSA) is 71.3 Å². The van der Waals surface area contributed by atoms with E-state index >= 15 is 0 Å². The number of aromatic nitrogens is 1. The second-order valence-electron chi connectivity index (χ2n) is 2.87. The van der Waals surface area contributed by atoms with Crippen molar-refractivity contribution >= 4 is 30.8 Å². The molecule has 15 heavy (non-hydrogen) atoms. The Morgan fingerprint density at radius 3 is 2.67 bits per heavy atom. The number of carbonyl (C=O) groups excluding carboxylic acids is 1. The predicted molar refractivity (Wildman–Crippen MR) is 58.2 cm³/mol. The monoisotopic (exact) mass is 226 g/mol. The number of amides is 1. The summed E-state index contributed by atoms with van der Waals surface area (Å²) >= 11 is 4.00. The molecule has 0 saturated carbocycles. The Kier molecular flexibility index (Phi) is 3.56. The van der Waals surface area contributed by atoms with Crippen LogP contribution < -0.4 is 5.32 Å². The zero-order chi connectivity index (χ0) is 11.4. The highest BCUT2D eigenvalue weighted by molar-refractivity contribution is 7.78. The number of carboxylic acid groups (broad SMARTS) is 1. The molecule has 0 bridgehead atoms. The highest BCUT2D eigenvalue weighted by Gasteiger charge is 2.08. The molecule has 0 aliphatic rings. The van der Waals surface area contributed by atoms with Crippen LogP contribution in [-0.4, -0.2) is 21.0 Å². The van der Waals surface area contributed by atoms with E-state index in [0.717, 1.165) is 0 Å². The normalized spacial score (nSPS) is 11.2. The van der Waals surface area contributed by atoms with Crippen molar-refractivity contribution in [3.8, 4) is 0 Å². The van der Waals surface area contributed by atoms with Gasteiger partial charge in [-0.25, -0.2) is 4.79 Å². The summed E-state index contributed by atoms with van der Waals surface area (Å²) in [6.45, 7) is 1.25. The first kappa shape index (κ1) is 11.4. The van der Waals surface area contributed by atoms with Crippen molar-refractivity contribution in [1.29, 1.82) is 0 Å². The van der Waals surface area contributed by atoms with Gasteiger partial charge in [0.1, 0.15) is 5.70 Å². The van der Waals surface area contributed by atoms with Crippen molar-refractivity contribution in [2.24, 2.45) is 0 Å². The van der Waals surface area contributed by atoms with Gasteiger partial charge in [0.2, 0.25) is 5.91 Å². The number of rotatable bonds is 3. The number of aliphatic carboxylic acids is 1. The van der Waals surface area contributed by atoms with Gasteiger partial charge in [0.15, 0.2) is 0 Å². The third-order valence-corrected chi connectivity index (χ3v) is 1.80. The van der Waals surface area contributed by atoms with Crippen LogP contribution in [0, 0.1) is 0 Å². The number of carbonyl (C=O) groups is 2. The van der Waals surface area contributed by atoms with E-state index in [-0.39, 0.29) is 5.70 Å². The van der Waals surface area contributed by atoms with Gasteiger partial charge in [0, 0.05) is 19.3 Å². The van der Waals surface area contributed by atoms with Crippen LogP contribution in [0.5, 0.6) is 0 Å². The number of carboxylic acids is 1. The van der Waals surface area contributed by atoms with Gasteiger partial charge >= 0.3 is 5.97 Å². The first-order chi connectivity index (χ1) is 6.99. The van der Waals surface area contributed by atoms with Gasteiger partial charge in [-0.15, -0.1) is 0 Å². The zero-order valence-electron chi connectivity index (χ0n) is 7.97. The van der Waals surface area contributed by atoms with Gasteiger partial charge < -0.3 is 14.4 Å². The van der Waals surface area contributed by atoms with Gasteiger partial charge in [0.05, 0.1) is 0 Å². The summed E-state index contributed by atoms with van der Waals surface area (Å²) in [4.78, 5) is 21.5. The molecule has 6 heteroatoms. The molecule has 1 rings (SSSR count). The quantitative estimate of drug-likeness (QED) is 0.526. The molecule has 0 fully saturated rings. The molecule has 0 aliphatic carbocycles. The Labute approximate surface area is 91.9 Å². The van der Waals surface area contributed by atoms with Crippen LogP contribution in [0.3, 0.4) is 0 Å². The molecule has 0 atom stereocenters. The van der Waals surface area contributed by atoms with Gasteiger partial charge in [0.25, 0.3) is 0 Å². The zero-order valence-corrected chi connectivity index (χ0v) is 8.86. The lowest BCUT2D eigenvalue weighted by atomic mass is 10.2. The standard InChI is InChI=1S/C9H10N2O3S/c1-6(12)10-8(9(13)14)4-7-2-3-11(15)5-7/h2-5,15H,1H3,(H,10,12)(H,13,14)/b8-4-. The van der Waals surface area contributed by atoms with Crippen LogP contribution in [0.1, 0.15) is 12.5 Å². The molecule has 2 N–H and O–H groups in total. The van der Waals surface area contributed by atoms with Crippen LogP contribution in [0.25, 0.3) is 6.08 Å². The molecule has 1 heterocycles. The Bertz CT molecular complexity index is 423. The minimum Gasteiger partial charge on any atom is -0.477 e. The Balaban J connectivity index is 2.93. The van der Waals surface area contributed by atoms with Crippen LogP contribution in [0.4, 0.5) is 0 Å². The van der Waals surface area contributed by atoms with Gasteiger partial charge in [-0.3, -0.25) is 4.79 Å². The van der Waals surface area contributed by atoms with Gasteiger partial charge in [-0.1, -0.05) is 12.8 Å². The summed E-state index contributed by atoms with van der Waals surface area (Å²) < 4.78 is 1.49. The van der Waals surface area contributed by atoms with Crippen molar-refractivity contribution in [3.05, 3.63) is 29.7 Å². The Hall–Kier alpha value is -1.69. The minimum absolute atomic E-state index is 0.165. The summed E-state index contributed by atoms with van der Waals surface area (Å²) in [6, 6.07) is 1.68. The maximum absolute atomic E-state index is 10.7. The lowest BCUT2D eigenvalue weighted by molar-refractivity contribution is -0.134. The summed E-state index contributed by atoms with van der Waals surface area (Å²) in [5.41, 5.74) is 0.484. The highest BCUT2D eigenvalue weighted by atomic mass is 32.1. The number of nitrogens with zero attached hydrogens (tertiary/aromatic N) is 1. The smallest absolute Gasteiger partial charge is 0.352 e. The SMILES string of the molecule is CC(=O)N/C(=C\c1ccn(S)c1)C(=O)O. The molecular formula is C9H10N2O3S. The summed E-state index contributed by atoms with van der Waals surface area (Å²) in [7, 11) is 0. The van der Waals surface area contributed by atoms with E-state index in [9.17, 15) is 9.59 Å². The van der Waals surface area contributed by atoms with Crippen molar-refractivity contribution < 1.29 is 14.7 Å². The molecule has 0 unspecified atom stereocenters. The molecule has 1 amide bonds. The lowest BCUT2D eigenvalue weighted by Crippen LogP contribution is -2.24. The number of nitrogens with one attached hydrogen (secondary N) is 1. The molecule has 80 valence electrons. The summed E-state index contributed by atoms with van der Waals surface area (Å²) in [6.07, 6.45) is 4.63. The van der Waals surface area contributed by atoms with Crippen molar-refractivity contribution in [3.63, 3.8) is 0 Å². The van der Waals surface area contributed by atoms with Gasteiger partial charge in [-0.05, 0) is 17.7 Å². The molecule has 0 aliphatic heterocycles. The minimum atomic E-state index is -1.18. The number of thiol groups is 1. The Morgan fingerprint density at radius 2 is 2.27 bits per heavy atom. The predicted octanol–water partition coefficient (Wildman–Crippen LogP) is 0.743. The van der Waals surface area contributed by atoms with Crippen molar-refractivity contribution in [1.82, 2.24) is 9.29 Å². The fourth-order valence-electron chi connectivity index (χ4n) is 0.994. The third kappa shape index (κ3) is 3.51. The molecule has 1 aromatic rings. The number of hydrogen-bond acceptors (Lipinski definition) is 3. The van der Waals surface area contributed by atoms with Crippen LogP contribution in [-0.2, 0) is 9.59 Å². The Morgan fingerprint density at radius 1 is 1.60 bits per heavy atom. The van der Waals surface area contributed by atoms with E-state index in [4.69, 9.17) is 5.11 Å². The van der Waals surface area contributed by atoms with Crippen LogP contribution >= 0.6 is 12.8 Å². The lowest BCUT2D eigenvalue weighted by Gasteiger charge is -2.01. The molecule has 0 aromatic carbocycles. The third-order valence-electron chi connectivity index (χ3n) is 1.55. The second-order valence-corrected chi connectivity index (χ2v) is 3.33. The molecule has 0 spiro atoms. The fourth-order valence-corrected chi connectivity index (χ4v) is 1.19. The molecule has 0 saturated heterocycles. The molecular weight excluding hydrogens is 216 g/mol. The van der Waals surface area contributed by atoms with Crippen LogP contribution in [0.2, 0.25) is 0 Å². The van der Waals surface area contributed by atoms with Crippen molar-refractivity contribution in [2.45, 2.75) is 6.92 Å². The summed E-state index contributed by atoms with van der Waals surface area (Å²) in [5.74, 6) is -1.61. The summed E-state index contributed by atoms with van der Waals surface area (Å²) in [5, 5.41) is 11.0. The van der Waals surface area contributed by atoms with Crippen LogP contribution in [0.15, 0.2) is 24.2 Å². The molecule has 0 radical (unpaired) electrons. The van der Waals surface area contributed by atoms with Gasteiger partial charge in [-0.2, -0.15) is 0 Å². The molecule has 5 nitrogen and oxygen atoms in total. The average molecular weight is 226 g/mol. The maximum atomic E-state index is 10.7. The van der Waals surface area contributed by atoms with E-state index in [1.54, 1.807) is 18.5 Å².